The highest BCUT2D eigenvalue weighted by Crippen LogP contribution is 2.37. The maximum Gasteiger partial charge on any atom is 0.391 e. The summed E-state index contributed by atoms with van der Waals surface area (Å²) < 4.78 is 16.3. The number of Topliss-reactive ketones (excluding diaryl/α,β-unsaturated/α-hetero) is 1. The zero-order valence-corrected chi connectivity index (χ0v) is 13.9. The Morgan fingerprint density at radius 1 is 1.50 bits per heavy atom. The van der Waals surface area contributed by atoms with Crippen LogP contribution >= 0.6 is 18.9 Å². The molecule has 0 aliphatic heterocycles. The maximum absolute atomic E-state index is 12.5. The van der Waals surface area contributed by atoms with Crippen LogP contribution in [-0.4, -0.2) is 20.6 Å². The first-order chi connectivity index (χ1) is 10.2. The molecule has 7 nitrogen and oxygen atoms in total. The lowest BCUT2D eigenvalue weighted by atomic mass is 9.99. The predicted molar refractivity (Wildman–Crippen MR) is 84.3 cm³/mol. The van der Waals surface area contributed by atoms with Crippen molar-refractivity contribution < 1.29 is 23.6 Å². The molecular formula is C13H17N2O5PS. The molecule has 2 aromatic heterocycles. The van der Waals surface area contributed by atoms with Crippen LogP contribution in [0.1, 0.15) is 36.4 Å². The van der Waals surface area contributed by atoms with E-state index in [-0.39, 0.29) is 28.3 Å². The van der Waals surface area contributed by atoms with Crippen molar-refractivity contribution in [3.63, 3.8) is 0 Å². The van der Waals surface area contributed by atoms with Crippen molar-refractivity contribution in [1.82, 2.24) is 4.98 Å². The zero-order valence-electron chi connectivity index (χ0n) is 12.1. The van der Waals surface area contributed by atoms with Gasteiger partial charge in [-0.25, -0.2) is 4.98 Å². The molecule has 0 aromatic carbocycles. The number of nitrogen functional groups attached to an aromatic ring is 1. The number of thiazole rings is 1. The summed E-state index contributed by atoms with van der Waals surface area (Å²) in [5.41, 5.74) is 5.45. The number of nitrogens with two attached hydrogens (primary N) is 1. The van der Waals surface area contributed by atoms with Gasteiger partial charge in [-0.3, -0.25) is 9.36 Å². The first-order valence-corrected chi connectivity index (χ1v) is 9.13. The number of aromatic nitrogens is 1. The van der Waals surface area contributed by atoms with Gasteiger partial charge in [0.25, 0.3) is 0 Å². The highest BCUT2D eigenvalue weighted by atomic mass is 32.1. The SMILES string of the molecule is CCCC(C)C(=O)c1sc(N)nc1-c1ccc(P(=O)(O)O)o1. The van der Waals surface area contributed by atoms with Crippen LogP contribution in [0.5, 0.6) is 0 Å². The molecule has 2 rings (SSSR count). The fourth-order valence-electron chi connectivity index (χ4n) is 2.07. The van der Waals surface area contributed by atoms with Crippen LogP contribution in [-0.2, 0) is 4.57 Å². The van der Waals surface area contributed by atoms with Gasteiger partial charge < -0.3 is 19.9 Å². The Balaban J connectivity index is 2.42. The Labute approximate surface area is 131 Å². The Hall–Kier alpha value is -1.47. The summed E-state index contributed by atoms with van der Waals surface area (Å²) in [5.74, 6) is -0.154. The lowest BCUT2D eigenvalue weighted by molar-refractivity contribution is 0.0928. The number of nitrogens with zero attached hydrogens (tertiary/aromatic N) is 1. The standard InChI is InChI=1S/C13H17N2O5PS/c1-3-4-7(2)11(16)12-10(15-13(14)22-12)8-5-6-9(20-8)21(17,18)19/h5-7H,3-4H2,1-2H3,(H2,14,15)(H2,17,18,19). The molecule has 2 aromatic rings. The molecule has 1 atom stereocenters. The Morgan fingerprint density at radius 3 is 2.73 bits per heavy atom. The third-order valence-electron chi connectivity index (χ3n) is 3.15. The number of hydrogen-bond donors (Lipinski definition) is 3. The Bertz CT molecular complexity index is 733. The summed E-state index contributed by atoms with van der Waals surface area (Å²) in [5, 5.41) is 0.205. The van der Waals surface area contributed by atoms with Gasteiger partial charge in [0.1, 0.15) is 10.6 Å². The van der Waals surface area contributed by atoms with Crippen LogP contribution in [0.3, 0.4) is 0 Å². The average Bonchev–Trinajstić information content (AvgIpc) is 3.03. The van der Waals surface area contributed by atoms with E-state index in [4.69, 9.17) is 19.9 Å². The molecule has 9 heteroatoms. The molecule has 0 aliphatic carbocycles. The van der Waals surface area contributed by atoms with Crippen LogP contribution in [0, 0.1) is 5.92 Å². The maximum atomic E-state index is 12.5. The summed E-state index contributed by atoms with van der Waals surface area (Å²) in [7, 11) is -4.49. The van der Waals surface area contributed by atoms with E-state index in [2.05, 4.69) is 4.98 Å². The molecule has 0 amide bonds. The topological polar surface area (TPSA) is 127 Å². The molecule has 0 aliphatic rings. The lowest BCUT2D eigenvalue weighted by Crippen LogP contribution is -2.10. The third kappa shape index (κ3) is 3.47. The normalized spacial score (nSPS) is 13.3. The fourth-order valence-corrected chi connectivity index (χ4v) is 3.45. The van der Waals surface area contributed by atoms with Gasteiger partial charge in [-0.2, -0.15) is 0 Å². The van der Waals surface area contributed by atoms with E-state index in [1.54, 1.807) is 0 Å². The highest BCUT2D eigenvalue weighted by molar-refractivity contribution is 7.59. The number of hydrogen-bond acceptors (Lipinski definition) is 6. The van der Waals surface area contributed by atoms with Crippen molar-refractivity contribution in [3.8, 4) is 11.5 Å². The lowest BCUT2D eigenvalue weighted by Gasteiger charge is -2.07. The van der Waals surface area contributed by atoms with Gasteiger partial charge in [0.15, 0.2) is 16.7 Å². The van der Waals surface area contributed by atoms with E-state index < -0.39 is 13.1 Å². The van der Waals surface area contributed by atoms with E-state index in [9.17, 15) is 9.36 Å². The minimum atomic E-state index is -4.49. The molecule has 0 saturated carbocycles. The van der Waals surface area contributed by atoms with Crippen molar-refractivity contribution in [2.45, 2.75) is 26.7 Å². The van der Waals surface area contributed by atoms with Crippen LogP contribution in [0.15, 0.2) is 16.5 Å². The predicted octanol–water partition coefficient (Wildman–Crippen LogP) is 2.41. The van der Waals surface area contributed by atoms with E-state index in [0.717, 1.165) is 24.2 Å². The minimum Gasteiger partial charge on any atom is -0.446 e. The van der Waals surface area contributed by atoms with E-state index in [1.807, 2.05) is 13.8 Å². The van der Waals surface area contributed by atoms with Crippen LogP contribution < -0.4 is 11.2 Å². The summed E-state index contributed by atoms with van der Waals surface area (Å²) in [6, 6.07) is 2.56. The monoisotopic (exact) mass is 344 g/mol. The van der Waals surface area contributed by atoms with Crippen molar-refractivity contribution >= 4 is 35.3 Å². The molecule has 0 bridgehead atoms. The van der Waals surface area contributed by atoms with Gasteiger partial charge in [-0.15, -0.1) is 0 Å². The van der Waals surface area contributed by atoms with E-state index >= 15 is 0 Å². The molecule has 0 saturated heterocycles. The molecule has 0 radical (unpaired) electrons. The molecule has 4 N–H and O–H groups in total. The molecule has 2 heterocycles. The quantitative estimate of drug-likeness (QED) is 0.542. The summed E-state index contributed by atoms with van der Waals surface area (Å²) in [6.07, 6.45) is 1.61. The number of furan rings is 1. The molecule has 0 fully saturated rings. The first-order valence-electron chi connectivity index (χ1n) is 6.70. The average molecular weight is 344 g/mol. The molecular weight excluding hydrogens is 327 g/mol. The van der Waals surface area contributed by atoms with Crippen LogP contribution in [0.4, 0.5) is 5.13 Å². The first kappa shape index (κ1) is 16.9. The van der Waals surface area contributed by atoms with Gasteiger partial charge in [0.05, 0.1) is 0 Å². The zero-order chi connectivity index (χ0) is 16.5. The van der Waals surface area contributed by atoms with Crippen molar-refractivity contribution in [1.29, 1.82) is 0 Å². The van der Waals surface area contributed by atoms with E-state index in [1.165, 1.54) is 12.1 Å². The largest absolute Gasteiger partial charge is 0.446 e. The number of rotatable bonds is 6. The Kier molecular flexibility index (Phi) is 4.87. The number of ketones is 1. The molecule has 22 heavy (non-hydrogen) atoms. The Morgan fingerprint density at radius 2 is 2.18 bits per heavy atom. The van der Waals surface area contributed by atoms with Gasteiger partial charge in [-0.05, 0) is 18.6 Å². The smallest absolute Gasteiger partial charge is 0.391 e. The second kappa shape index (κ2) is 6.34. The van der Waals surface area contributed by atoms with Crippen molar-refractivity contribution in [2.24, 2.45) is 5.92 Å². The van der Waals surface area contributed by atoms with Gasteiger partial charge in [-0.1, -0.05) is 31.6 Å². The van der Waals surface area contributed by atoms with Crippen molar-refractivity contribution in [2.75, 3.05) is 5.73 Å². The second-order valence-corrected chi connectivity index (χ2v) is 7.53. The molecule has 1 unspecified atom stereocenters. The van der Waals surface area contributed by atoms with Crippen LogP contribution in [0.2, 0.25) is 0 Å². The summed E-state index contributed by atoms with van der Waals surface area (Å²) in [6.45, 7) is 3.82. The molecule has 0 spiro atoms. The van der Waals surface area contributed by atoms with Crippen molar-refractivity contribution in [3.05, 3.63) is 17.0 Å². The highest BCUT2D eigenvalue weighted by Gasteiger charge is 2.27. The van der Waals surface area contributed by atoms with Gasteiger partial charge in [0.2, 0.25) is 5.50 Å². The third-order valence-corrected chi connectivity index (χ3v) is 4.86. The summed E-state index contributed by atoms with van der Waals surface area (Å²) in [4.78, 5) is 35.1. The molecule has 120 valence electrons. The minimum absolute atomic E-state index is 0.0971. The number of anilines is 1. The van der Waals surface area contributed by atoms with Gasteiger partial charge in [0, 0.05) is 5.92 Å². The second-order valence-electron chi connectivity index (χ2n) is 4.97. The summed E-state index contributed by atoms with van der Waals surface area (Å²) >= 11 is 1.05. The van der Waals surface area contributed by atoms with Crippen LogP contribution in [0.25, 0.3) is 11.5 Å². The van der Waals surface area contributed by atoms with E-state index in [0.29, 0.717) is 4.88 Å². The number of carbonyl (C=O) groups excluding carboxylic acids is 1. The number of carbonyl (C=O) groups is 1. The van der Waals surface area contributed by atoms with Gasteiger partial charge >= 0.3 is 7.60 Å². The fraction of sp³-hybridized carbons (Fsp3) is 0.385.